The zero-order valence-electron chi connectivity index (χ0n) is 17.8. The molecule has 0 aliphatic rings. The molecule has 1 amide bonds. The van der Waals surface area contributed by atoms with Crippen molar-refractivity contribution in [3.8, 4) is 11.5 Å². The lowest BCUT2D eigenvalue weighted by molar-refractivity contribution is -0.121. The Balaban J connectivity index is 1.92. The molecule has 0 aliphatic carbocycles. The van der Waals surface area contributed by atoms with E-state index in [1.165, 1.54) is 4.31 Å². The fourth-order valence-electron chi connectivity index (χ4n) is 2.99. The maximum atomic E-state index is 12.3. The molecule has 164 valence electrons. The quantitative estimate of drug-likeness (QED) is 0.554. The van der Waals surface area contributed by atoms with Gasteiger partial charge in [0.2, 0.25) is 15.9 Å². The minimum absolute atomic E-state index is 0.136. The number of carbonyl (C=O) groups is 1. The maximum Gasteiger partial charge on any atom is 0.232 e. The van der Waals surface area contributed by atoms with Gasteiger partial charge in [0, 0.05) is 19.5 Å². The van der Waals surface area contributed by atoms with Crippen LogP contribution in [0.25, 0.3) is 0 Å². The highest BCUT2D eigenvalue weighted by molar-refractivity contribution is 7.92. The van der Waals surface area contributed by atoms with E-state index in [9.17, 15) is 13.2 Å². The third-order valence-corrected chi connectivity index (χ3v) is 5.48. The third kappa shape index (κ3) is 7.26. The molecule has 0 saturated heterocycles. The van der Waals surface area contributed by atoms with Crippen molar-refractivity contribution in [3.63, 3.8) is 0 Å². The Morgan fingerprint density at radius 3 is 2.47 bits per heavy atom. The molecule has 0 fully saturated rings. The van der Waals surface area contributed by atoms with E-state index in [4.69, 9.17) is 9.47 Å². The average molecular weight is 435 g/mol. The van der Waals surface area contributed by atoms with Gasteiger partial charge in [0.05, 0.1) is 25.2 Å². The van der Waals surface area contributed by atoms with Gasteiger partial charge in [-0.05, 0) is 50.1 Å². The van der Waals surface area contributed by atoms with E-state index >= 15 is 0 Å². The zero-order chi connectivity index (χ0) is 22.0. The standard InChI is InChI=1S/C22H30N2O5S/c1-4-28-19-11-8-10-18(16-19)17-23-22(25)14-9-15-24(30(3,26)27)20-12-6-7-13-21(20)29-5-2/h6-8,10-13,16H,4-5,9,14-15,17H2,1-3H3,(H,23,25). The monoisotopic (exact) mass is 434 g/mol. The van der Waals surface area contributed by atoms with Crippen LogP contribution in [-0.2, 0) is 21.4 Å². The van der Waals surface area contributed by atoms with Crippen LogP contribution in [0, 0.1) is 0 Å². The first-order valence-electron chi connectivity index (χ1n) is 10.0. The number of sulfonamides is 1. The molecule has 2 rings (SSSR count). The predicted molar refractivity (Wildman–Crippen MR) is 118 cm³/mol. The summed E-state index contributed by atoms with van der Waals surface area (Å²) >= 11 is 0. The number of para-hydroxylation sites is 2. The van der Waals surface area contributed by atoms with Crippen molar-refractivity contribution in [1.29, 1.82) is 0 Å². The van der Waals surface area contributed by atoms with Gasteiger partial charge < -0.3 is 14.8 Å². The summed E-state index contributed by atoms with van der Waals surface area (Å²) in [6.45, 7) is 5.36. The van der Waals surface area contributed by atoms with E-state index in [0.717, 1.165) is 17.6 Å². The molecule has 0 atom stereocenters. The van der Waals surface area contributed by atoms with Crippen molar-refractivity contribution in [2.45, 2.75) is 33.2 Å². The third-order valence-electron chi connectivity index (χ3n) is 4.30. The fourth-order valence-corrected chi connectivity index (χ4v) is 3.96. The smallest absolute Gasteiger partial charge is 0.232 e. The second-order valence-corrected chi connectivity index (χ2v) is 8.60. The summed E-state index contributed by atoms with van der Waals surface area (Å²) in [5.41, 5.74) is 1.42. The van der Waals surface area contributed by atoms with E-state index in [-0.39, 0.29) is 18.9 Å². The SMILES string of the molecule is CCOc1cccc(CNC(=O)CCCN(c2ccccc2OCC)S(C)(=O)=O)c1. The number of hydrogen-bond donors (Lipinski definition) is 1. The van der Waals surface area contributed by atoms with Gasteiger partial charge in [-0.3, -0.25) is 9.10 Å². The summed E-state index contributed by atoms with van der Waals surface area (Å²) in [6.07, 6.45) is 1.76. The van der Waals surface area contributed by atoms with Crippen molar-refractivity contribution in [1.82, 2.24) is 5.32 Å². The molecule has 0 aliphatic heterocycles. The minimum atomic E-state index is -3.51. The van der Waals surface area contributed by atoms with Gasteiger partial charge in [0.25, 0.3) is 0 Å². The van der Waals surface area contributed by atoms with Gasteiger partial charge in [-0.1, -0.05) is 24.3 Å². The van der Waals surface area contributed by atoms with E-state index in [0.29, 0.717) is 37.6 Å². The van der Waals surface area contributed by atoms with E-state index < -0.39 is 10.0 Å². The lowest BCUT2D eigenvalue weighted by atomic mass is 10.2. The lowest BCUT2D eigenvalue weighted by Gasteiger charge is -2.24. The molecule has 8 heteroatoms. The highest BCUT2D eigenvalue weighted by atomic mass is 32.2. The average Bonchev–Trinajstić information content (AvgIpc) is 2.70. The fraction of sp³-hybridized carbons (Fsp3) is 0.409. The number of nitrogens with zero attached hydrogens (tertiary/aromatic N) is 1. The Labute approximate surface area is 179 Å². The zero-order valence-corrected chi connectivity index (χ0v) is 18.6. The first kappa shape index (κ1) is 23.5. The van der Waals surface area contributed by atoms with Crippen LogP contribution in [-0.4, -0.2) is 40.3 Å². The summed E-state index contributed by atoms with van der Waals surface area (Å²) in [4.78, 5) is 12.2. The van der Waals surface area contributed by atoms with Gasteiger partial charge in [-0.2, -0.15) is 0 Å². The number of rotatable bonds is 12. The molecule has 30 heavy (non-hydrogen) atoms. The van der Waals surface area contributed by atoms with Crippen LogP contribution in [0.3, 0.4) is 0 Å². The second-order valence-electron chi connectivity index (χ2n) is 6.70. The maximum absolute atomic E-state index is 12.3. The van der Waals surface area contributed by atoms with Crippen LogP contribution in [0.4, 0.5) is 5.69 Å². The highest BCUT2D eigenvalue weighted by Crippen LogP contribution is 2.30. The Morgan fingerprint density at radius 2 is 1.77 bits per heavy atom. The van der Waals surface area contributed by atoms with Crippen LogP contribution >= 0.6 is 0 Å². The topological polar surface area (TPSA) is 84.9 Å². The van der Waals surface area contributed by atoms with Gasteiger partial charge in [-0.15, -0.1) is 0 Å². The molecule has 2 aromatic carbocycles. The summed E-state index contributed by atoms with van der Waals surface area (Å²) < 4.78 is 36.9. The van der Waals surface area contributed by atoms with Crippen molar-refractivity contribution in [2.24, 2.45) is 0 Å². The number of nitrogens with one attached hydrogen (secondary N) is 1. The van der Waals surface area contributed by atoms with Crippen LogP contribution in [0.5, 0.6) is 11.5 Å². The normalized spacial score (nSPS) is 11.0. The minimum Gasteiger partial charge on any atom is -0.494 e. The predicted octanol–water partition coefficient (Wildman–Crippen LogP) is 3.35. The highest BCUT2D eigenvalue weighted by Gasteiger charge is 2.21. The van der Waals surface area contributed by atoms with E-state index in [2.05, 4.69) is 5.32 Å². The lowest BCUT2D eigenvalue weighted by Crippen LogP contribution is -2.32. The van der Waals surface area contributed by atoms with Crippen molar-refractivity contribution >= 4 is 21.6 Å². The number of benzene rings is 2. The molecule has 1 N–H and O–H groups in total. The Bertz CT molecular complexity index is 931. The molecule has 0 aromatic heterocycles. The Kier molecular flexibility index (Phi) is 8.98. The summed E-state index contributed by atoms with van der Waals surface area (Å²) in [7, 11) is -3.51. The van der Waals surface area contributed by atoms with Crippen molar-refractivity contribution < 1.29 is 22.7 Å². The number of carbonyl (C=O) groups excluding carboxylic acids is 1. The molecule has 0 bridgehead atoms. The van der Waals surface area contributed by atoms with E-state index in [1.807, 2.05) is 38.1 Å². The van der Waals surface area contributed by atoms with Crippen LogP contribution < -0.4 is 19.1 Å². The molecule has 0 saturated carbocycles. The Morgan fingerprint density at radius 1 is 1.03 bits per heavy atom. The Hall–Kier alpha value is -2.74. The van der Waals surface area contributed by atoms with Gasteiger partial charge in [0.1, 0.15) is 11.5 Å². The van der Waals surface area contributed by atoms with Crippen molar-refractivity contribution in [3.05, 3.63) is 54.1 Å². The molecule has 7 nitrogen and oxygen atoms in total. The van der Waals surface area contributed by atoms with Gasteiger partial charge in [0.15, 0.2) is 0 Å². The molecule has 0 unspecified atom stereocenters. The van der Waals surface area contributed by atoms with E-state index in [1.54, 1.807) is 24.3 Å². The molecule has 2 aromatic rings. The molecule has 0 heterocycles. The molecular formula is C22H30N2O5S. The summed E-state index contributed by atoms with van der Waals surface area (Å²) in [6, 6.07) is 14.6. The molecule has 0 spiro atoms. The van der Waals surface area contributed by atoms with Crippen molar-refractivity contribution in [2.75, 3.05) is 30.3 Å². The van der Waals surface area contributed by atoms with Crippen LogP contribution in [0.2, 0.25) is 0 Å². The summed E-state index contributed by atoms with van der Waals surface area (Å²) in [5, 5.41) is 2.87. The van der Waals surface area contributed by atoms with Crippen LogP contribution in [0.15, 0.2) is 48.5 Å². The second kappa shape index (κ2) is 11.4. The van der Waals surface area contributed by atoms with Crippen LogP contribution in [0.1, 0.15) is 32.3 Å². The number of hydrogen-bond acceptors (Lipinski definition) is 5. The van der Waals surface area contributed by atoms with Gasteiger partial charge >= 0.3 is 0 Å². The first-order chi connectivity index (χ1) is 14.3. The molecular weight excluding hydrogens is 404 g/mol. The number of amides is 1. The number of ether oxygens (including phenoxy) is 2. The van der Waals surface area contributed by atoms with Gasteiger partial charge in [-0.25, -0.2) is 8.42 Å². The molecule has 0 radical (unpaired) electrons. The summed E-state index contributed by atoms with van der Waals surface area (Å²) in [5.74, 6) is 1.13. The first-order valence-corrected chi connectivity index (χ1v) is 11.9. The largest absolute Gasteiger partial charge is 0.494 e. The number of anilines is 1.